The molecule has 2 heterocycles. The van der Waals surface area contributed by atoms with E-state index < -0.39 is 0 Å². The van der Waals surface area contributed by atoms with Crippen LogP contribution in [0.15, 0.2) is 18.5 Å². The molecule has 2 aromatic rings. The summed E-state index contributed by atoms with van der Waals surface area (Å²) in [6.07, 6.45) is 3.52. The minimum absolute atomic E-state index is 0.104. The summed E-state index contributed by atoms with van der Waals surface area (Å²) in [5, 5.41) is 9.37. The topological polar surface area (TPSA) is 64.7 Å². The average molecular weight is 238 g/mol. The van der Waals surface area contributed by atoms with Crippen LogP contribution >= 0.6 is 11.3 Å². The van der Waals surface area contributed by atoms with Gasteiger partial charge in [0.1, 0.15) is 15.8 Å². The van der Waals surface area contributed by atoms with Gasteiger partial charge in [0.25, 0.3) is 0 Å². The zero-order chi connectivity index (χ0) is 11.5. The molecule has 16 heavy (non-hydrogen) atoms. The molecule has 0 aromatic carbocycles. The highest BCUT2D eigenvalue weighted by Gasteiger charge is 2.12. The van der Waals surface area contributed by atoms with E-state index in [9.17, 15) is 4.39 Å². The summed E-state index contributed by atoms with van der Waals surface area (Å²) in [6, 6.07) is 1.28. The number of aromatic nitrogens is 3. The molecule has 0 aliphatic heterocycles. The molecule has 0 radical (unpaired) electrons. The van der Waals surface area contributed by atoms with E-state index in [-0.39, 0.29) is 11.9 Å². The first-order valence-electron chi connectivity index (χ1n) is 4.90. The van der Waals surface area contributed by atoms with Crippen LogP contribution in [0.3, 0.4) is 0 Å². The zero-order valence-corrected chi connectivity index (χ0v) is 9.54. The Morgan fingerprint density at radius 1 is 1.44 bits per heavy atom. The van der Waals surface area contributed by atoms with Gasteiger partial charge < -0.3 is 5.73 Å². The van der Waals surface area contributed by atoms with Crippen LogP contribution in [0.4, 0.5) is 4.39 Å². The quantitative estimate of drug-likeness (QED) is 0.889. The van der Waals surface area contributed by atoms with Crippen molar-refractivity contribution in [3.05, 3.63) is 29.3 Å². The fraction of sp³-hybridized carbons (Fsp3) is 0.300. The molecule has 2 rings (SSSR count). The molecule has 0 amide bonds. The van der Waals surface area contributed by atoms with Crippen LogP contribution in [0.25, 0.3) is 10.6 Å². The van der Waals surface area contributed by atoms with Gasteiger partial charge in [-0.3, -0.25) is 4.98 Å². The molecular formula is C10H11FN4S. The lowest BCUT2D eigenvalue weighted by molar-refractivity contribution is 0.622. The molecule has 0 aliphatic rings. The van der Waals surface area contributed by atoms with Crippen molar-refractivity contribution in [3.8, 4) is 10.6 Å². The van der Waals surface area contributed by atoms with Crippen molar-refractivity contribution in [1.29, 1.82) is 0 Å². The number of halogens is 1. The van der Waals surface area contributed by atoms with E-state index in [0.717, 1.165) is 17.6 Å². The Kier molecular flexibility index (Phi) is 3.21. The normalized spacial score (nSPS) is 12.7. The van der Waals surface area contributed by atoms with Crippen LogP contribution in [0.1, 0.15) is 24.4 Å². The smallest absolute Gasteiger partial charge is 0.149 e. The van der Waals surface area contributed by atoms with E-state index in [0.29, 0.717) is 10.6 Å². The Labute approximate surface area is 96.4 Å². The monoisotopic (exact) mass is 238 g/mol. The van der Waals surface area contributed by atoms with Crippen molar-refractivity contribution in [3.63, 3.8) is 0 Å². The summed E-state index contributed by atoms with van der Waals surface area (Å²) in [4.78, 5) is 3.77. The Bertz CT molecular complexity index is 485. The van der Waals surface area contributed by atoms with Gasteiger partial charge in [-0.25, -0.2) is 4.39 Å². The van der Waals surface area contributed by atoms with Gasteiger partial charge in [-0.05, 0) is 12.5 Å². The Morgan fingerprint density at radius 3 is 2.94 bits per heavy atom. The number of hydrogen-bond donors (Lipinski definition) is 1. The van der Waals surface area contributed by atoms with E-state index in [1.165, 1.54) is 17.4 Å². The van der Waals surface area contributed by atoms with E-state index in [4.69, 9.17) is 5.73 Å². The maximum Gasteiger partial charge on any atom is 0.149 e. The molecule has 6 heteroatoms. The van der Waals surface area contributed by atoms with Crippen LogP contribution in [-0.4, -0.2) is 15.2 Å². The van der Waals surface area contributed by atoms with E-state index in [1.807, 2.05) is 6.92 Å². The predicted octanol–water partition coefficient (Wildman–Crippen LogP) is 2.15. The zero-order valence-electron chi connectivity index (χ0n) is 8.72. The van der Waals surface area contributed by atoms with Gasteiger partial charge in [-0.15, -0.1) is 10.2 Å². The van der Waals surface area contributed by atoms with E-state index >= 15 is 0 Å². The first-order chi connectivity index (χ1) is 7.70. The van der Waals surface area contributed by atoms with Crippen LogP contribution in [0, 0.1) is 5.82 Å². The van der Waals surface area contributed by atoms with Crippen LogP contribution in [-0.2, 0) is 0 Å². The lowest BCUT2D eigenvalue weighted by Gasteiger charge is -2.00. The average Bonchev–Trinajstić information content (AvgIpc) is 2.77. The van der Waals surface area contributed by atoms with Crippen molar-refractivity contribution in [2.45, 2.75) is 19.4 Å². The number of nitrogens with two attached hydrogens (primary N) is 1. The molecule has 1 unspecified atom stereocenters. The third-order valence-corrected chi connectivity index (χ3v) is 3.25. The summed E-state index contributed by atoms with van der Waals surface area (Å²) in [5.41, 5.74) is 6.47. The third-order valence-electron chi connectivity index (χ3n) is 2.15. The molecule has 2 aromatic heterocycles. The lowest BCUT2D eigenvalue weighted by Crippen LogP contribution is -2.07. The minimum atomic E-state index is -0.381. The molecule has 2 N–H and O–H groups in total. The third kappa shape index (κ3) is 2.23. The largest absolute Gasteiger partial charge is 0.322 e. The first-order valence-corrected chi connectivity index (χ1v) is 5.72. The maximum absolute atomic E-state index is 13.0. The number of pyridine rings is 1. The SMILES string of the molecule is CCC(N)c1nnc(-c2cncc(F)c2)s1. The van der Waals surface area contributed by atoms with E-state index in [1.54, 1.807) is 6.20 Å². The van der Waals surface area contributed by atoms with Gasteiger partial charge in [-0.2, -0.15) is 0 Å². The Morgan fingerprint density at radius 2 is 2.25 bits per heavy atom. The standard InChI is InChI=1S/C10H11FN4S/c1-2-8(12)10-15-14-9(16-10)6-3-7(11)5-13-4-6/h3-5,8H,2,12H2,1H3. The van der Waals surface area contributed by atoms with Crippen LogP contribution in [0.2, 0.25) is 0 Å². The van der Waals surface area contributed by atoms with Crippen molar-refractivity contribution in [2.75, 3.05) is 0 Å². The van der Waals surface area contributed by atoms with Crippen molar-refractivity contribution in [2.24, 2.45) is 5.73 Å². The molecule has 0 fully saturated rings. The molecule has 0 aliphatic carbocycles. The second-order valence-corrected chi connectivity index (χ2v) is 4.36. The van der Waals surface area contributed by atoms with Gasteiger partial charge in [0.2, 0.25) is 0 Å². The Balaban J connectivity index is 2.31. The predicted molar refractivity (Wildman–Crippen MR) is 60.3 cm³/mol. The van der Waals surface area contributed by atoms with Gasteiger partial charge >= 0.3 is 0 Å². The lowest BCUT2D eigenvalue weighted by atomic mass is 10.3. The number of rotatable bonds is 3. The minimum Gasteiger partial charge on any atom is -0.322 e. The van der Waals surface area contributed by atoms with Gasteiger partial charge in [0, 0.05) is 11.8 Å². The summed E-state index contributed by atoms with van der Waals surface area (Å²) in [5.74, 6) is -0.381. The molecular weight excluding hydrogens is 227 g/mol. The highest BCUT2D eigenvalue weighted by Crippen LogP contribution is 2.26. The fourth-order valence-corrected chi connectivity index (χ4v) is 2.11. The van der Waals surface area contributed by atoms with Crippen LogP contribution in [0.5, 0.6) is 0 Å². The first kappa shape index (κ1) is 11.1. The maximum atomic E-state index is 13.0. The van der Waals surface area contributed by atoms with Gasteiger partial charge in [0.15, 0.2) is 0 Å². The van der Waals surface area contributed by atoms with Crippen molar-refractivity contribution in [1.82, 2.24) is 15.2 Å². The van der Waals surface area contributed by atoms with Gasteiger partial charge in [0.05, 0.1) is 12.2 Å². The van der Waals surface area contributed by atoms with Crippen LogP contribution < -0.4 is 5.73 Å². The summed E-state index contributed by atoms with van der Waals surface area (Å²) >= 11 is 1.37. The fourth-order valence-electron chi connectivity index (χ4n) is 1.20. The molecule has 1 atom stereocenters. The number of hydrogen-bond acceptors (Lipinski definition) is 5. The highest BCUT2D eigenvalue weighted by molar-refractivity contribution is 7.14. The van der Waals surface area contributed by atoms with Gasteiger partial charge in [-0.1, -0.05) is 18.3 Å². The summed E-state index contributed by atoms with van der Waals surface area (Å²) < 4.78 is 13.0. The highest BCUT2D eigenvalue weighted by atomic mass is 32.1. The summed E-state index contributed by atoms with van der Waals surface area (Å²) in [6.45, 7) is 1.98. The molecule has 0 bridgehead atoms. The second-order valence-electron chi connectivity index (χ2n) is 3.35. The Hall–Kier alpha value is -1.40. The summed E-state index contributed by atoms with van der Waals surface area (Å²) in [7, 11) is 0. The second kappa shape index (κ2) is 4.63. The molecule has 4 nitrogen and oxygen atoms in total. The van der Waals surface area contributed by atoms with Crippen molar-refractivity contribution >= 4 is 11.3 Å². The molecule has 0 saturated heterocycles. The molecule has 0 spiro atoms. The van der Waals surface area contributed by atoms with Crippen molar-refractivity contribution < 1.29 is 4.39 Å². The molecule has 84 valence electrons. The molecule has 0 saturated carbocycles. The number of nitrogens with zero attached hydrogens (tertiary/aromatic N) is 3. The van der Waals surface area contributed by atoms with E-state index in [2.05, 4.69) is 15.2 Å².